The average molecular weight is 676 g/mol. The molecule has 2 aliphatic heterocycles. The van der Waals surface area contributed by atoms with Crippen molar-refractivity contribution in [3.63, 3.8) is 0 Å². The van der Waals surface area contributed by atoms with Crippen LogP contribution in [0.4, 0.5) is 11.4 Å². The van der Waals surface area contributed by atoms with Crippen molar-refractivity contribution in [1.29, 1.82) is 0 Å². The summed E-state index contributed by atoms with van der Waals surface area (Å²) >= 11 is 1.73. The van der Waals surface area contributed by atoms with Crippen molar-refractivity contribution in [2.45, 2.75) is 43.9 Å². The Hall–Kier alpha value is -5.47. The summed E-state index contributed by atoms with van der Waals surface area (Å²) in [5.74, 6) is -0.242. The summed E-state index contributed by atoms with van der Waals surface area (Å²) in [6.07, 6.45) is 4.94. The minimum Gasteiger partial charge on any atom is -0.380 e. The van der Waals surface area contributed by atoms with Gasteiger partial charge in [0.25, 0.3) is 11.6 Å². The number of hydrogen-bond donors (Lipinski definition) is 1. The lowest BCUT2D eigenvalue weighted by Crippen LogP contribution is -2.51. The highest BCUT2D eigenvalue weighted by molar-refractivity contribution is 7.09. The van der Waals surface area contributed by atoms with Crippen LogP contribution in [0.5, 0.6) is 0 Å². The summed E-state index contributed by atoms with van der Waals surface area (Å²) < 4.78 is 9.78. The van der Waals surface area contributed by atoms with Crippen molar-refractivity contribution in [2.75, 3.05) is 25.0 Å². The number of nitrogens with zero attached hydrogens (tertiary/aromatic N) is 8. The van der Waals surface area contributed by atoms with Crippen LogP contribution in [0.1, 0.15) is 47.0 Å². The largest absolute Gasteiger partial charge is 0.380 e. The highest BCUT2D eigenvalue weighted by Crippen LogP contribution is 2.40. The molecule has 1 unspecified atom stereocenters. The molecule has 1 atom stereocenters. The second kappa shape index (κ2) is 12.9. The lowest BCUT2D eigenvalue weighted by molar-refractivity contribution is -0.384. The monoisotopic (exact) mass is 675 g/mol. The summed E-state index contributed by atoms with van der Waals surface area (Å²) in [7, 11) is 0. The minimum atomic E-state index is -0.487. The molecule has 0 bridgehead atoms. The molecule has 1 N–H and O–H groups in total. The van der Waals surface area contributed by atoms with Crippen LogP contribution in [0.2, 0.25) is 0 Å². The van der Waals surface area contributed by atoms with Gasteiger partial charge in [0.1, 0.15) is 16.9 Å². The third-order valence-corrected chi connectivity index (χ3v) is 10.4. The molecule has 49 heavy (non-hydrogen) atoms. The quantitative estimate of drug-likeness (QED) is 0.145. The first-order valence-electron chi connectivity index (χ1n) is 16.3. The SMILES string of the molecule is O=C(c1ccc(-n2nnc3ccccc32)c([N+](=O)[O-])c1)N1CCC2(CC1)CC(n1cc(-c3cccc(NCc4cccs4)c3)nn1)CCO2. The van der Waals surface area contributed by atoms with Crippen molar-refractivity contribution in [3.05, 3.63) is 111 Å². The topological polar surface area (TPSA) is 146 Å². The number of aromatic nitrogens is 6. The molecule has 0 aliphatic carbocycles. The van der Waals surface area contributed by atoms with E-state index in [4.69, 9.17) is 4.74 Å². The van der Waals surface area contributed by atoms with Crippen molar-refractivity contribution in [1.82, 2.24) is 34.9 Å². The van der Waals surface area contributed by atoms with Gasteiger partial charge in [0.05, 0.1) is 28.3 Å². The van der Waals surface area contributed by atoms with Gasteiger partial charge in [-0.1, -0.05) is 40.8 Å². The first-order valence-corrected chi connectivity index (χ1v) is 17.1. The first-order chi connectivity index (χ1) is 23.9. The normalized spacial score (nSPS) is 17.4. The maximum atomic E-state index is 13.6. The summed E-state index contributed by atoms with van der Waals surface area (Å²) in [6.45, 7) is 2.35. The lowest BCUT2D eigenvalue weighted by Gasteiger charge is -2.46. The third-order valence-electron chi connectivity index (χ3n) is 9.52. The molecule has 2 saturated heterocycles. The second-order valence-electron chi connectivity index (χ2n) is 12.5. The predicted molar refractivity (Wildman–Crippen MR) is 185 cm³/mol. The van der Waals surface area contributed by atoms with E-state index < -0.39 is 4.92 Å². The Morgan fingerprint density at radius 1 is 1.02 bits per heavy atom. The van der Waals surface area contributed by atoms with Gasteiger partial charge in [-0.25, -0.2) is 9.36 Å². The Labute approximate surface area is 285 Å². The molecule has 248 valence electrons. The highest BCUT2D eigenvalue weighted by atomic mass is 32.1. The maximum absolute atomic E-state index is 13.6. The maximum Gasteiger partial charge on any atom is 0.295 e. The number of hydrogen-bond acceptors (Lipinski definition) is 10. The molecule has 2 aliphatic rings. The van der Waals surface area contributed by atoms with E-state index in [1.165, 1.54) is 15.6 Å². The molecule has 1 spiro atoms. The molecule has 13 nitrogen and oxygen atoms in total. The van der Waals surface area contributed by atoms with Gasteiger partial charge >= 0.3 is 0 Å². The number of benzene rings is 3. The molecule has 3 aromatic carbocycles. The van der Waals surface area contributed by atoms with E-state index in [2.05, 4.69) is 55.6 Å². The molecule has 5 heterocycles. The van der Waals surface area contributed by atoms with Gasteiger partial charge in [-0.05, 0) is 73.5 Å². The third kappa shape index (κ3) is 6.16. The number of anilines is 1. The fourth-order valence-corrected chi connectivity index (χ4v) is 7.53. The zero-order valence-corrected chi connectivity index (χ0v) is 27.3. The number of nitrogens with one attached hydrogen (secondary N) is 1. The molecule has 1 amide bonds. The van der Waals surface area contributed by atoms with Gasteiger partial charge in [-0.2, -0.15) is 0 Å². The van der Waals surface area contributed by atoms with Gasteiger partial charge < -0.3 is 15.0 Å². The number of likely N-dealkylation sites (tertiary alicyclic amines) is 1. The van der Waals surface area contributed by atoms with E-state index in [1.54, 1.807) is 40.5 Å². The molecule has 8 rings (SSSR count). The number of fused-ring (bicyclic) bond motifs is 1. The van der Waals surface area contributed by atoms with Gasteiger partial charge in [0.2, 0.25) is 0 Å². The predicted octanol–water partition coefficient (Wildman–Crippen LogP) is 6.29. The number of thiophene rings is 1. The number of ether oxygens (including phenoxy) is 1. The van der Waals surface area contributed by atoms with Crippen LogP contribution in [0.15, 0.2) is 90.4 Å². The van der Waals surface area contributed by atoms with Crippen LogP contribution < -0.4 is 5.32 Å². The number of rotatable bonds is 8. The highest BCUT2D eigenvalue weighted by Gasteiger charge is 2.42. The fourth-order valence-electron chi connectivity index (χ4n) is 6.88. The van der Waals surface area contributed by atoms with Crippen LogP contribution in [0.3, 0.4) is 0 Å². The number of piperidine rings is 1. The molecule has 0 saturated carbocycles. The molecule has 14 heteroatoms. The van der Waals surface area contributed by atoms with Crippen LogP contribution in [-0.4, -0.2) is 71.0 Å². The smallest absolute Gasteiger partial charge is 0.295 e. The Morgan fingerprint density at radius 3 is 2.73 bits per heavy atom. The molecular formula is C35H33N9O4S. The second-order valence-corrected chi connectivity index (χ2v) is 13.6. The van der Waals surface area contributed by atoms with E-state index in [1.807, 2.05) is 35.1 Å². The lowest BCUT2D eigenvalue weighted by atomic mass is 9.82. The van der Waals surface area contributed by atoms with E-state index in [-0.39, 0.29) is 34.5 Å². The van der Waals surface area contributed by atoms with Crippen molar-refractivity contribution >= 4 is 39.7 Å². The van der Waals surface area contributed by atoms with Crippen LogP contribution >= 0.6 is 11.3 Å². The Kier molecular flexibility index (Phi) is 8.09. The Morgan fingerprint density at radius 2 is 1.90 bits per heavy atom. The summed E-state index contributed by atoms with van der Waals surface area (Å²) in [6, 6.07) is 24.3. The Balaban J connectivity index is 0.926. The minimum absolute atomic E-state index is 0.125. The van der Waals surface area contributed by atoms with Crippen LogP contribution in [-0.2, 0) is 11.3 Å². The molecular weight excluding hydrogens is 643 g/mol. The Bertz CT molecular complexity index is 2140. The zero-order chi connectivity index (χ0) is 33.4. The van der Waals surface area contributed by atoms with Crippen molar-refractivity contribution in [2.24, 2.45) is 0 Å². The molecule has 6 aromatic rings. The van der Waals surface area contributed by atoms with Crippen molar-refractivity contribution < 1.29 is 14.5 Å². The number of nitro benzene ring substituents is 1. The molecule has 2 fully saturated rings. The average Bonchev–Trinajstić information content (AvgIpc) is 3.93. The summed E-state index contributed by atoms with van der Waals surface area (Å²) in [4.78, 5) is 28.3. The van der Waals surface area contributed by atoms with E-state index in [0.717, 1.165) is 36.3 Å². The van der Waals surface area contributed by atoms with E-state index in [0.29, 0.717) is 43.6 Å². The number of amides is 1. The number of nitro groups is 1. The molecule has 0 radical (unpaired) electrons. The number of carbonyl (C=O) groups is 1. The van der Waals surface area contributed by atoms with Gasteiger partial charge in [0, 0.05) is 54.0 Å². The summed E-state index contributed by atoms with van der Waals surface area (Å²) in [5, 5.41) is 34.9. The number of carbonyl (C=O) groups excluding carboxylic acids is 1. The van der Waals surface area contributed by atoms with Crippen LogP contribution in [0, 0.1) is 10.1 Å². The zero-order valence-electron chi connectivity index (χ0n) is 26.5. The van der Waals surface area contributed by atoms with E-state index in [9.17, 15) is 14.9 Å². The molecule has 3 aromatic heterocycles. The number of para-hydroxylation sites is 1. The fraction of sp³-hybridized carbons (Fsp3) is 0.286. The first kappa shape index (κ1) is 30.8. The van der Waals surface area contributed by atoms with Crippen molar-refractivity contribution in [3.8, 4) is 16.9 Å². The standard InChI is InChI=1S/C35H33N9O4S/c45-34(25-10-11-32(33(20-25)44(46)47)43-31-9-2-1-8-29(31)37-40-43)41-15-13-35(14-16-41)21-27(12-17-48-35)42-23-30(38-39-42)24-5-3-6-26(19-24)36-22-28-7-4-18-49-28/h1-11,18-20,23,27,36H,12-17,21-22H2. The van der Waals surface area contributed by atoms with Gasteiger partial charge in [0.15, 0.2) is 0 Å². The van der Waals surface area contributed by atoms with E-state index >= 15 is 0 Å². The van der Waals surface area contributed by atoms with Gasteiger partial charge in [-0.3, -0.25) is 14.9 Å². The summed E-state index contributed by atoms with van der Waals surface area (Å²) in [5.41, 5.74) is 4.05. The van der Waals surface area contributed by atoms with Gasteiger partial charge in [-0.15, -0.1) is 21.5 Å². The van der Waals surface area contributed by atoms with Crippen LogP contribution in [0.25, 0.3) is 28.0 Å².